The number of nitrogens with zero attached hydrogens (tertiary/aromatic N) is 1. The zero-order valence-electron chi connectivity index (χ0n) is 14.9. The van der Waals surface area contributed by atoms with Gasteiger partial charge in [-0.1, -0.05) is 0 Å². The third-order valence-electron chi connectivity index (χ3n) is 4.09. The van der Waals surface area contributed by atoms with E-state index in [2.05, 4.69) is 15.1 Å². The lowest BCUT2D eigenvalue weighted by Crippen LogP contribution is -2.12. The number of halogens is 4. The Kier molecular flexibility index (Phi) is 5.73. The number of hydrogen-bond acceptors (Lipinski definition) is 2. The van der Waals surface area contributed by atoms with Crippen molar-refractivity contribution in [3.8, 4) is 5.75 Å². The van der Waals surface area contributed by atoms with Crippen LogP contribution in [0.3, 0.4) is 0 Å². The quantitative estimate of drug-likeness (QED) is 0.308. The summed E-state index contributed by atoms with van der Waals surface area (Å²) in [5.41, 5.74) is 0.887. The predicted molar refractivity (Wildman–Crippen MR) is 99.7 cm³/mol. The molecule has 0 bridgehead atoms. The van der Waals surface area contributed by atoms with Crippen LogP contribution < -0.4 is 10.1 Å². The van der Waals surface area contributed by atoms with Crippen molar-refractivity contribution in [1.82, 2.24) is 4.98 Å². The second-order valence-corrected chi connectivity index (χ2v) is 6.21. The van der Waals surface area contributed by atoms with Crippen molar-refractivity contribution in [3.05, 3.63) is 65.4 Å². The Bertz CT molecular complexity index is 1070. The zero-order chi connectivity index (χ0) is 21.0. The van der Waals surface area contributed by atoms with Gasteiger partial charge in [-0.25, -0.2) is 9.24 Å². The van der Waals surface area contributed by atoms with E-state index >= 15 is 0 Å². The number of benzene rings is 2. The number of carbonyl (C=O) groups excluding carboxylic acids is 1. The average molecular weight is 405 g/mol. The van der Waals surface area contributed by atoms with Gasteiger partial charge in [-0.3, -0.25) is 4.79 Å². The van der Waals surface area contributed by atoms with E-state index in [-0.39, 0.29) is 29.8 Å². The van der Waals surface area contributed by atoms with Gasteiger partial charge in [0, 0.05) is 23.6 Å². The number of alkyl halides is 3. The van der Waals surface area contributed by atoms with E-state index < -0.39 is 24.3 Å². The summed E-state index contributed by atoms with van der Waals surface area (Å²) in [7, 11) is 0. The van der Waals surface area contributed by atoms with E-state index in [1.165, 1.54) is 36.5 Å². The molecule has 0 aliphatic carbocycles. The van der Waals surface area contributed by atoms with Crippen LogP contribution in [0.15, 0.2) is 42.6 Å². The monoisotopic (exact) mass is 405 g/mol. The van der Waals surface area contributed by atoms with Crippen LogP contribution in [-0.2, 0) is 0 Å². The van der Waals surface area contributed by atoms with Crippen molar-refractivity contribution in [2.45, 2.75) is 19.0 Å². The normalized spacial score (nSPS) is 11.3. The van der Waals surface area contributed by atoms with Gasteiger partial charge >= 0.3 is 6.18 Å². The largest absolute Gasteiger partial charge is 0.494 e. The van der Waals surface area contributed by atoms with Crippen molar-refractivity contribution in [1.29, 1.82) is 0 Å². The molecule has 3 aromatic rings. The number of ether oxygens (including phenoxy) is 1. The fourth-order valence-electron chi connectivity index (χ4n) is 2.70. The highest BCUT2D eigenvalue weighted by atomic mass is 19.4. The van der Waals surface area contributed by atoms with Crippen LogP contribution >= 0.6 is 0 Å². The number of fused-ring (bicyclic) bond motifs is 1. The zero-order valence-corrected chi connectivity index (χ0v) is 14.9. The second kappa shape index (κ2) is 8.22. The molecule has 5 nitrogen and oxygen atoms in total. The van der Waals surface area contributed by atoms with Crippen LogP contribution in [0.25, 0.3) is 15.7 Å². The lowest BCUT2D eigenvalue weighted by molar-refractivity contribution is -0.136. The summed E-state index contributed by atoms with van der Waals surface area (Å²) in [6.45, 7) is 6.93. The van der Waals surface area contributed by atoms with Gasteiger partial charge in [-0.05, 0) is 42.8 Å². The maximum Gasteiger partial charge on any atom is 0.389 e. The number of hydrogen-bond donors (Lipinski definition) is 2. The Labute approximate surface area is 163 Å². The molecule has 0 fully saturated rings. The molecule has 29 heavy (non-hydrogen) atoms. The molecule has 0 radical (unpaired) electrons. The molecule has 0 atom stereocenters. The lowest BCUT2D eigenvalue weighted by atomic mass is 10.1. The van der Waals surface area contributed by atoms with Gasteiger partial charge in [0.05, 0.1) is 24.4 Å². The maximum absolute atomic E-state index is 14.0. The van der Waals surface area contributed by atoms with Crippen molar-refractivity contribution in [2.24, 2.45) is 0 Å². The summed E-state index contributed by atoms with van der Waals surface area (Å²) < 4.78 is 55.5. The molecule has 0 aliphatic rings. The van der Waals surface area contributed by atoms with E-state index in [0.29, 0.717) is 16.8 Å². The van der Waals surface area contributed by atoms with E-state index in [0.717, 1.165) is 6.07 Å². The molecule has 150 valence electrons. The van der Waals surface area contributed by atoms with Gasteiger partial charge < -0.3 is 15.0 Å². The highest BCUT2D eigenvalue weighted by Gasteiger charge is 2.26. The molecule has 1 aromatic heterocycles. The average Bonchev–Trinajstić information content (AvgIpc) is 3.08. The molecule has 1 heterocycles. The SMILES string of the molecule is [C-]#[N+]c1cc(F)c2[nH]cc(NC(=O)c3ccc(OCCCC(F)(F)F)cc3)c2c1. The van der Waals surface area contributed by atoms with Crippen molar-refractivity contribution < 1.29 is 27.1 Å². The molecule has 1 amide bonds. The second-order valence-electron chi connectivity index (χ2n) is 6.21. The van der Waals surface area contributed by atoms with Crippen molar-refractivity contribution >= 4 is 28.2 Å². The third kappa shape index (κ3) is 5.04. The first-order chi connectivity index (χ1) is 13.8. The van der Waals surface area contributed by atoms with E-state index in [1.54, 1.807) is 0 Å². The molecule has 9 heteroatoms. The van der Waals surface area contributed by atoms with Crippen molar-refractivity contribution in [3.63, 3.8) is 0 Å². The highest BCUT2D eigenvalue weighted by molar-refractivity contribution is 6.09. The Morgan fingerprint density at radius 2 is 1.93 bits per heavy atom. The minimum Gasteiger partial charge on any atom is -0.494 e. The van der Waals surface area contributed by atoms with Crippen LogP contribution in [0.2, 0.25) is 0 Å². The number of nitrogens with one attached hydrogen (secondary N) is 2. The van der Waals surface area contributed by atoms with E-state index in [1.807, 2.05) is 0 Å². The van der Waals surface area contributed by atoms with E-state index in [9.17, 15) is 22.4 Å². The standard InChI is InChI=1S/C20H15F4N3O2/c1-25-13-9-15-17(11-26-18(15)16(21)10-13)27-19(28)12-3-5-14(6-4-12)29-8-2-7-20(22,23)24/h3-6,9-11,26H,2,7-8H2,(H,27,28). The van der Waals surface area contributed by atoms with E-state index in [4.69, 9.17) is 11.3 Å². The Morgan fingerprint density at radius 1 is 1.21 bits per heavy atom. The topological polar surface area (TPSA) is 58.5 Å². The lowest BCUT2D eigenvalue weighted by Gasteiger charge is -2.09. The first-order valence-electron chi connectivity index (χ1n) is 8.56. The van der Waals surface area contributed by atoms with Gasteiger partial charge in [0.1, 0.15) is 11.6 Å². The number of aromatic amines is 1. The number of anilines is 1. The summed E-state index contributed by atoms with van der Waals surface area (Å²) >= 11 is 0. The molecule has 2 N–H and O–H groups in total. The minimum atomic E-state index is -4.22. The number of carbonyl (C=O) groups is 1. The number of H-pyrrole nitrogens is 1. The van der Waals surface area contributed by atoms with Crippen LogP contribution in [-0.4, -0.2) is 23.7 Å². The Morgan fingerprint density at radius 3 is 2.59 bits per heavy atom. The van der Waals surface area contributed by atoms with Gasteiger partial charge in [-0.15, -0.1) is 0 Å². The van der Waals surface area contributed by atoms with Crippen LogP contribution in [0, 0.1) is 12.4 Å². The summed E-state index contributed by atoms with van der Waals surface area (Å²) in [6, 6.07) is 8.46. The number of rotatable bonds is 6. The van der Waals surface area contributed by atoms with Gasteiger partial charge in [0.15, 0.2) is 5.69 Å². The summed E-state index contributed by atoms with van der Waals surface area (Å²) in [6.07, 6.45) is -3.87. The highest BCUT2D eigenvalue weighted by Crippen LogP contribution is 2.30. The van der Waals surface area contributed by atoms with Gasteiger partial charge in [0.25, 0.3) is 5.91 Å². The predicted octanol–water partition coefficient (Wildman–Crippen LogP) is 5.83. The van der Waals surface area contributed by atoms with Crippen LogP contribution in [0.5, 0.6) is 5.75 Å². The Hall–Kier alpha value is -3.54. The molecule has 3 rings (SSSR count). The minimum absolute atomic E-state index is 0.0880. The third-order valence-corrected chi connectivity index (χ3v) is 4.09. The molecule has 0 unspecified atom stereocenters. The van der Waals surface area contributed by atoms with Crippen LogP contribution in [0.4, 0.5) is 28.9 Å². The van der Waals surface area contributed by atoms with Crippen molar-refractivity contribution in [2.75, 3.05) is 11.9 Å². The number of amides is 1. The molecule has 0 spiro atoms. The summed E-state index contributed by atoms with van der Waals surface area (Å²) in [4.78, 5) is 18.4. The van der Waals surface area contributed by atoms with Gasteiger partial charge in [-0.2, -0.15) is 13.2 Å². The molecule has 0 saturated carbocycles. The molecule has 2 aromatic carbocycles. The first-order valence-corrected chi connectivity index (χ1v) is 8.56. The smallest absolute Gasteiger partial charge is 0.389 e. The molecule has 0 saturated heterocycles. The summed E-state index contributed by atoms with van der Waals surface area (Å²) in [5, 5.41) is 3.01. The molecular formula is C20H15F4N3O2. The fraction of sp³-hybridized carbons (Fsp3) is 0.200. The van der Waals surface area contributed by atoms with Crippen LogP contribution in [0.1, 0.15) is 23.2 Å². The Balaban J connectivity index is 1.65. The first kappa shape index (κ1) is 20.2. The maximum atomic E-state index is 14.0. The van der Waals surface area contributed by atoms with Gasteiger partial charge in [0.2, 0.25) is 0 Å². The molecule has 0 aliphatic heterocycles. The summed E-state index contributed by atoms with van der Waals surface area (Å²) in [5.74, 6) is -0.719. The molecular weight excluding hydrogens is 390 g/mol. The number of aromatic nitrogens is 1. The fourth-order valence-corrected chi connectivity index (χ4v) is 2.70.